The Kier molecular flexibility index (Phi) is 4.62. The highest BCUT2D eigenvalue weighted by atomic mass is 32.1. The van der Waals surface area contributed by atoms with Crippen LogP contribution in [0.4, 0.5) is 0 Å². The third-order valence-electron chi connectivity index (χ3n) is 2.55. The average Bonchev–Trinajstić information content (AvgIpc) is 2.48. The number of thiocarbonyl (C=S) groups is 1. The molecule has 0 aromatic heterocycles. The van der Waals surface area contributed by atoms with Crippen LogP contribution in [0.1, 0.15) is 25.7 Å². The van der Waals surface area contributed by atoms with Gasteiger partial charge in [-0.25, -0.2) is 0 Å². The Hall–Kier alpha value is -0.190. The number of likely N-dealkylation sites (tertiary alicyclic amines) is 1. The molecule has 0 bridgehead atoms. The molecule has 76 valence electrons. The minimum Gasteiger partial charge on any atom is -0.396 e. The van der Waals surface area contributed by atoms with E-state index in [-0.39, 0.29) is 6.61 Å². The molecule has 0 spiro atoms. The number of hydrogen-bond acceptors (Lipinski definition) is 3. The van der Waals surface area contributed by atoms with Crippen molar-refractivity contribution in [3.63, 3.8) is 0 Å². The Labute approximate surface area is 84.9 Å². The number of hydrogen-bond donors (Lipinski definition) is 2. The Morgan fingerprint density at radius 1 is 1.62 bits per heavy atom. The third-order valence-corrected chi connectivity index (χ3v) is 2.68. The zero-order chi connectivity index (χ0) is 9.68. The van der Waals surface area contributed by atoms with Gasteiger partial charge < -0.3 is 10.8 Å². The summed E-state index contributed by atoms with van der Waals surface area (Å²) in [5.41, 5.74) is 5.50. The fourth-order valence-electron chi connectivity index (χ4n) is 1.96. The first-order valence-corrected chi connectivity index (χ1v) is 5.28. The van der Waals surface area contributed by atoms with Crippen molar-refractivity contribution in [2.45, 2.75) is 31.7 Å². The summed E-state index contributed by atoms with van der Waals surface area (Å²) in [6, 6.07) is 0.591. The van der Waals surface area contributed by atoms with Gasteiger partial charge in [0.1, 0.15) is 0 Å². The molecule has 0 amide bonds. The van der Waals surface area contributed by atoms with E-state index in [1.807, 2.05) is 0 Å². The van der Waals surface area contributed by atoms with Crippen LogP contribution < -0.4 is 5.73 Å². The normalized spacial score (nSPS) is 23.6. The third kappa shape index (κ3) is 3.58. The van der Waals surface area contributed by atoms with Crippen LogP contribution in [0.5, 0.6) is 0 Å². The molecule has 1 atom stereocenters. The lowest BCUT2D eigenvalue weighted by Gasteiger charge is -2.23. The van der Waals surface area contributed by atoms with E-state index in [1.54, 1.807) is 0 Å². The maximum Gasteiger partial charge on any atom is 0.0870 e. The predicted molar refractivity (Wildman–Crippen MR) is 57.7 cm³/mol. The first-order chi connectivity index (χ1) is 6.24. The molecule has 0 aromatic carbocycles. The molecule has 1 aliphatic heterocycles. The van der Waals surface area contributed by atoms with Gasteiger partial charge in [-0.05, 0) is 32.2 Å². The van der Waals surface area contributed by atoms with Crippen molar-refractivity contribution in [2.24, 2.45) is 5.73 Å². The highest BCUT2D eigenvalue weighted by Crippen LogP contribution is 2.20. The van der Waals surface area contributed by atoms with Crippen molar-refractivity contribution in [1.29, 1.82) is 0 Å². The second-order valence-corrected chi connectivity index (χ2v) is 4.12. The highest BCUT2D eigenvalue weighted by Gasteiger charge is 2.23. The van der Waals surface area contributed by atoms with Crippen LogP contribution in [0, 0.1) is 0 Å². The number of aliphatic hydroxyl groups excluding tert-OH is 1. The molecule has 1 fully saturated rings. The van der Waals surface area contributed by atoms with Crippen molar-refractivity contribution in [3.05, 3.63) is 0 Å². The van der Waals surface area contributed by atoms with Gasteiger partial charge in [0.15, 0.2) is 0 Å². The molecule has 0 aromatic rings. The van der Waals surface area contributed by atoms with Crippen molar-refractivity contribution in [3.8, 4) is 0 Å². The van der Waals surface area contributed by atoms with Crippen molar-refractivity contribution in [1.82, 2.24) is 4.90 Å². The zero-order valence-electron chi connectivity index (χ0n) is 7.91. The van der Waals surface area contributed by atoms with Crippen molar-refractivity contribution < 1.29 is 5.11 Å². The lowest BCUT2D eigenvalue weighted by atomic mass is 10.1. The largest absolute Gasteiger partial charge is 0.396 e. The summed E-state index contributed by atoms with van der Waals surface area (Å²) >= 11 is 4.88. The molecule has 13 heavy (non-hydrogen) atoms. The summed E-state index contributed by atoms with van der Waals surface area (Å²) < 4.78 is 0. The quantitative estimate of drug-likeness (QED) is 0.638. The molecular formula is C9H18N2OS. The van der Waals surface area contributed by atoms with E-state index in [0.29, 0.717) is 11.0 Å². The number of aliphatic hydroxyl groups is 1. The molecule has 4 heteroatoms. The van der Waals surface area contributed by atoms with Crippen molar-refractivity contribution >= 4 is 17.2 Å². The Balaban J connectivity index is 2.30. The fraction of sp³-hybridized carbons (Fsp3) is 0.889. The predicted octanol–water partition coefficient (Wildman–Crippen LogP) is 0.509. The Morgan fingerprint density at radius 3 is 3.00 bits per heavy atom. The minimum atomic E-state index is 0.289. The molecule has 1 rings (SSSR count). The van der Waals surface area contributed by atoms with E-state index in [2.05, 4.69) is 4.90 Å². The summed E-state index contributed by atoms with van der Waals surface area (Å²) in [7, 11) is 0. The van der Waals surface area contributed by atoms with Gasteiger partial charge in [-0.3, -0.25) is 4.90 Å². The van der Waals surface area contributed by atoms with E-state index in [9.17, 15) is 0 Å². The van der Waals surface area contributed by atoms with E-state index in [0.717, 1.165) is 25.9 Å². The fourth-order valence-corrected chi connectivity index (χ4v) is 2.12. The highest BCUT2D eigenvalue weighted by molar-refractivity contribution is 7.80. The summed E-state index contributed by atoms with van der Waals surface area (Å²) in [6.07, 6.45) is 4.42. The van der Waals surface area contributed by atoms with Gasteiger partial charge in [0.2, 0.25) is 0 Å². The van der Waals surface area contributed by atoms with E-state index < -0.39 is 0 Å². The molecule has 0 aliphatic carbocycles. The summed E-state index contributed by atoms with van der Waals surface area (Å²) in [6.45, 7) is 2.14. The number of nitrogens with zero attached hydrogens (tertiary/aromatic N) is 1. The molecule has 0 radical (unpaired) electrons. The molecule has 1 saturated heterocycles. The van der Waals surface area contributed by atoms with Crippen LogP contribution in [-0.2, 0) is 0 Å². The Morgan fingerprint density at radius 2 is 2.38 bits per heavy atom. The summed E-state index contributed by atoms with van der Waals surface area (Å²) in [5, 5.41) is 8.73. The molecule has 3 N–H and O–H groups in total. The monoisotopic (exact) mass is 202 g/mol. The van der Waals surface area contributed by atoms with Crippen LogP contribution in [0.2, 0.25) is 0 Å². The number of rotatable bonds is 5. The van der Waals surface area contributed by atoms with Gasteiger partial charge in [0, 0.05) is 19.2 Å². The molecule has 3 nitrogen and oxygen atoms in total. The second-order valence-electron chi connectivity index (χ2n) is 3.60. The molecular weight excluding hydrogens is 184 g/mol. The summed E-state index contributed by atoms with van der Waals surface area (Å²) in [5.74, 6) is 0. The van der Waals surface area contributed by atoms with Gasteiger partial charge in [0.25, 0.3) is 0 Å². The lowest BCUT2D eigenvalue weighted by Crippen LogP contribution is -2.36. The minimum absolute atomic E-state index is 0.289. The maximum atomic E-state index is 8.73. The van der Waals surface area contributed by atoms with Gasteiger partial charge in [-0.2, -0.15) is 0 Å². The molecule has 1 heterocycles. The zero-order valence-corrected chi connectivity index (χ0v) is 8.72. The van der Waals surface area contributed by atoms with Crippen molar-refractivity contribution in [2.75, 3.05) is 19.7 Å². The van der Waals surface area contributed by atoms with E-state index >= 15 is 0 Å². The van der Waals surface area contributed by atoms with Crippen LogP contribution in [0.25, 0.3) is 0 Å². The van der Waals surface area contributed by atoms with Crippen LogP contribution in [-0.4, -0.2) is 40.7 Å². The van der Waals surface area contributed by atoms with Gasteiger partial charge in [0.05, 0.1) is 4.99 Å². The average molecular weight is 202 g/mol. The van der Waals surface area contributed by atoms with Gasteiger partial charge in [-0.1, -0.05) is 12.2 Å². The molecule has 0 saturated carbocycles. The van der Waals surface area contributed by atoms with E-state index in [4.69, 9.17) is 23.1 Å². The molecule has 1 unspecified atom stereocenters. The topological polar surface area (TPSA) is 49.5 Å². The first kappa shape index (κ1) is 10.9. The smallest absolute Gasteiger partial charge is 0.0870 e. The SMILES string of the molecule is NC(=S)CN1CCCC1CCCO. The van der Waals surface area contributed by atoms with E-state index in [1.165, 1.54) is 12.8 Å². The van der Waals surface area contributed by atoms with Crippen LogP contribution in [0.15, 0.2) is 0 Å². The summed E-state index contributed by atoms with van der Waals surface area (Å²) in [4.78, 5) is 2.91. The lowest BCUT2D eigenvalue weighted by molar-refractivity contribution is 0.234. The number of nitrogens with two attached hydrogens (primary N) is 1. The van der Waals surface area contributed by atoms with Crippen LogP contribution >= 0.6 is 12.2 Å². The van der Waals surface area contributed by atoms with Gasteiger partial charge in [-0.15, -0.1) is 0 Å². The van der Waals surface area contributed by atoms with Crippen LogP contribution in [0.3, 0.4) is 0 Å². The standard InChI is InChI=1S/C9H18N2OS/c10-9(13)7-11-5-1-3-8(11)4-2-6-12/h8,12H,1-7H2,(H2,10,13). The second kappa shape index (κ2) is 5.52. The Bertz CT molecular complexity index is 175. The van der Waals surface area contributed by atoms with Gasteiger partial charge >= 0.3 is 0 Å². The maximum absolute atomic E-state index is 8.73. The first-order valence-electron chi connectivity index (χ1n) is 4.87. The molecule has 1 aliphatic rings.